The number of halogens is 1. The second-order valence-corrected chi connectivity index (χ2v) is 8.12. The Morgan fingerprint density at radius 1 is 1.09 bits per heavy atom. The van der Waals surface area contributed by atoms with Crippen LogP contribution >= 0.6 is 23.4 Å². The smallest absolute Gasteiger partial charge is 0.175 e. The third-order valence-corrected chi connectivity index (χ3v) is 5.69. The van der Waals surface area contributed by atoms with Crippen molar-refractivity contribution in [3.05, 3.63) is 53.8 Å². The van der Waals surface area contributed by atoms with E-state index in [1.54, 1.807) is 24.3 Å². The Hall–Kier alpha value is -1.63. The van der Waals surface area contributed by atoms with Crippen LogP contribution in [0.1, 0.15) is 0 Å². The Morgan fingerprint density at radius 2 is 1.86 bits per heavy atom. The van der Waals surface area contributed by atoms with E-state index in [4.69, 9.17) is 11.6 Å². The highest BCUT2D eigenvalue weighted by Gasteiger charge is 2.12. The summed E-state index contributed by atoms with van der Waals surface area (Å²) in [5.41, 5.74) is 0.692. The lowest BCUT2D eigenvalue weighted by Crippen LogP contribution is -1.97. The van der Waals surface area contributed by atoms with Crippen molar-refractivity contribution in [2.45, 2.75) is 14.8 Å². The molecule has 0 aliphatic heterocycles. The summed E-state index contributed by atoms with van der Waals surface area (Å²) in [6.07, 6.45) is 2.64. The van der Waals surface area contributed by atoms with Gasteiger partial charge in [0.05, 0.1) is 15.4 Å². The number of hydrogen-bond acceptors (Lipinski definition) is 5. The van der Waals surface area contributed by atoms with Gasteiger partial charge in [-0.05, 0) is 30.3 Å². The molecule has 0 N–H and O–H groups in total. The lowest BCUT2D eigenvalue weighted by Gasteiger charge is -2.07. The number of sulfone groups is 1. The Labute approximate surface area is 137 Å². The predicted octanol–water partition coefficient (Wildman–Crippen LogP) is 3.84. The summed E-state index contributed by atoms with van der Waals surface area (Å²) >= 11 is 7.55. The lowest BCUT2D eigenvalue weighted by molar-refractivity contribution is 0.602. The molecule has 0 atom stereocenters. The molecule has 0 aliphatic rings. The van der Waals surface area contributed by atoms with E-state index in [2.05, 4.69) is 9.97 Å². The number of fused-ring (bicyclic) bond motifs is 1. The molecule has 1 heterocycles. The van der Waals surface area contributed by atoms with Gasteiger partial charge in [-0.2, -0.15) is 0 Å². The zero-order valence-corrected chi connectivity index (χ0v) is 13.9. The van der Waals surface area contributed by atoms with Gasteiger partial charge < -0.3 is 0 Å². The van der Waals surface area contributed by atoms with Crippen molar-refractivity contribution in [3.63, 3.8) is 0 Å². The van der Waals surface area contributed by atoms with Crippen LogP contribution in [0.25, 0.3) is 10.9 Å². The highest BCUT2D eigenvalue weighted by molar-refractivity contribution is 7.99. The molecule has 2 aromatic carbocycles. The molecule has 22 heavy (non-hydrogen) atoms. The third kappa shape index (κ3) is 3.09. The highest BCUT2D eigenvalue weighted by atomic mass is 35.5. The molecule has 0 spiro atoms. The summed E-state index contributed by atoms with van der Waals surface area (Å²) in [5, 5.41) is 1.98. The Morgan fingerprint density at radius 3 is 2.59 bits per heavy atom. The lowest BCUT2D eigenvalue weighted by atomic mass is 10.2. The average Bonchev–Trinajstić information content (AvgIpc) is 2.48. The van der Waals surface area contributed by atoms with Crippen molar-refractivity contribution in [1.29, 1.82) is 0 Å². The summed E-state index contributed by atoms with van der Waals surface area (Å²) in [4.78, 5) is 9.54. The number of hydrogen-bond donors (Lipinski definition) is 0. The van der Waals surface area contributed by atoms with Crippen LogP contribution in [0.3, 0.4) is 0 Å². The molecule has 0 saturated carbocycles. The summed E-state index contributed by atoms with van der Waals surface area (Å²) in [7, 11) is -3.28. The van der Waals surface area contributed by atoms with Crippen LogP contribution in [0.4, 0.5) is 0 Å². The molecule has 0 aliphatic carbocycles. The van der Waals surface area contributed by atoms with Crippen molar-refractivity contribution in [2.24, 2.45) is 0 Å². The molecule has 3 rings (SSSR count). The van der Waals surface area contributed by atoms with Crippen LogP contribution in [-0.2, 0) is 9.84 Å². The van der Waals surface area contributed by atoms with E-state index < -0.39 is 9.84 Å². The molecule has 0 saturated heterocycles. The maximum absolute atomic E-state index is 11.7. The van der Waals surface area contributed by atoms with E-state index in [-0.39, 0.29) is 4.90 Å². The maximum Gasteiger partial charge on any atom is 0.175 e. The minimum Gasteiger partial charge on any atom is -0.236 e. The molecule has 3 aromatic rings. The SMILES string of the molecule is CS(=O)(=O)c1ccc2ncnc(Sc3ccccc3Cl)c2c1. The van der Waals surface area contributed by atoms with Crippen molar-refractivity contribution in [2.75, 3.05) is 6.26 Å². The fourth-order valence-corrected chi connectivity index (χ4v) is 3.75. The van der Waals surface area contributed by atoms with Crippen LogP contribution in [0.5, 0.6) is 0 Å². The van der Waals surface area contributed by atoms with Crippen molar-refractivity contribution >= 4 is 44.1 Å². The van der Waals surface area contributed by atoms with E-state index in [0.29, 0.717) is 21.0 Å². The fourth-order valence-electron chi connectivity index (χ4n) is 1.96. The van der Waals surface area contributed by atoms with Gasteiger partial charge >= 0.3 is 0 Å². The highest BCUT2D eigenvalue weighted by Crippen LogP contribution is 2.35. The molecular weight excluding hydrogens is 340 g/mol. The van der Waals surface area contributed by atoms with Gasteiger partial charge in [0, 0.05) is 16.5 Å². The Balaban J connectivity index is 2.15. The summed E-state index contributed by atoms with van der Waals surface area (Å²) in [6, 6.07) is 12.3. The molecular formula is C15H11ClN2O2S2. The monoisotopic (exact) mass is 350 g/mol. The standard InChI is InChI=1S/C15H11ClN2O2S2/c1-22(19,20)10-6-7-13-11(8-10)15(18-9-17-13)21-14-5-3-2-4-12(14)16/h2-9H,1H3. The van der Waals surface area contributed by atoms with Gasteiger partial charge in [-0.3, -0.25) is 0 Å². The van der Waals surface area contributed by atoms with Crippen LogP contribution in [-0.4, -0.2) is 24.6 Å². The number of rotatable bonds is 3. The Kier molecular flexibility index (Phi) is 4.08. The molecule has 0 amide bonds. The largest absolute Gasteiger partial charge is 0.236 e. The first-order valence-electron chi connectivity index (χ1n) is 6.32. The third-order valence-electron chi connectivity index (χ3n) is 3.04. The van der Waals surface area contributed by atoms with E-state index in [9.17, 15) is 8.42 Å². The van der Waals surface area contributed by atoms with Crippen LogP contribution in [0.2, 0.25) is 5.02 Å². The first-order chi connectivity index (χ1) is 10.4. The Bertz CT molecular complexity index is 959. The zero-order chi connectivity index (χ0) is 15.7. The summed E-state index contributed by atoms with van der Waals surface area (Å²) < 4.78 is 23.5. The van der Waals surface area contributed by atoms with Crippen LogP contribution < -0.4 is 0 Å². The molecule has 1 aromatic heterocycles. The van der Waals surface area contributed by atoms with Crippen molar-refractivity contribution in [1.82, 2.24) is 9.97 Å². The zero-order valence-electron chi connectivity index (χ0n) is 11.5. The van der Waals surface area contributed by atoms with E-state index in [0.717, 1.165) is 4.90 Å². The van der Waals surface area contributed by atoms with E-state index >= 15 is 0 Å². The molecule has 4 nitrogen and oxygen atoms in total. The molecule has 112 valence electrons. The minimum atomic E-state index is -3.28. The summed E-state index contributed by atoms with van der Waals surface area (Å²) in [6.45, 7) is 0. The van der Waals surface area contributed by atoms with Crippen molar-refractivity contribution < 1.29 is 8.42 Å². The summed E-state index contributed by atoms with van der Waals surface area (Å²) in [5.74, 6) is 0. The van der Waals surface area contributed by atoms with Gasteiger partial charge in [0.2, 0.25) is 0 Å². The van der Waals surface area contributed by atoms with Crippen LogP contribution in [0.15, 0.2) is 63.6 Å². The normalized spacial score (nSPS) is 11.7. The minimum absolute atomic E-state index is 0.246. The second-order valence-electron chi connectivity index (χ2n) is 4.66. The number of benzene rings is 2. The molecule has 0 fully saturated rings. The first-order valence-corrected chi connectivity index (χ1v) is 9.41. The quantitative estimate of drug-likeness (QED) is 0.672. The molecule has 0 bridgehead atoms. The predicted molar refractivity (Wildman–Crippen MR) is 88.2 cm³/mol. The van der Waals surface area contributed by atoms with Gasteiger partial charge in [0.15, 0.2) is 9.84 Å². The molecule has 7 heteroatoms. The van der Waals surface area contributed by atoms with Gasteiger partial charge in [-0.1, -0.05) is 35.5 Å². The van der Waals surface area contributed by atoms with Gasteiger partial charge in [0.1, 0.15) is 11.4 Å². The number of nitrogens with zero attached hydrogens (tertiary/aromatic N) is 2. The van der Waals surface area contributed by atoms with E-state index in [1.807, 2.05) is 18.2 Å². The first kappa shape index (κ1) is 15.3. The topological polar surface area (TPSA) is 59.9 Å². The maximum atomic E-state index is 11.7. The average molecular weight is 351 g/mol. The van der Waals surface area contributed by atoms with Gasteiger partial charge in [0.25, 0.3) is 0 Å². The van der Waals surface area contributed by atoms with E-state index in [1.165, 1.54) is 24.3 Å². The fraction of sp³-hybridized carbons (Fsp3) is 0.0667. The van der Waals surface area contributed by atoms with Crippen LogP contribution in [0, 0.1) is 0 Å². The van der Waals surface area contributed by atoms with Crippen molar-refractivity contribution in [3.8, 4) is 0 Å². The second kappa shape index (κ2) is 5.87. The van der Waals surface area contributed by atoms with Gasteiger partial charge in [-0.25, -0.2) is 18.4 Å². The molecule has 0 unspecified atom stereocenters. The van der Waals surface area contributed by atoms with Gasteiger partial charge in [-0.15, -0.1) is 0 Å². The molecule has 0 radical (unpaired) electrons. The number of aromatic nitrogens is 2.